The summed E-state index contributed by atoms with van der Waals surface area (Å²) in [6.45, 7) is 1.02. The third kappa shape index (κ3) is 2.93. The van der Waals surface area contributed by atoms with Crippen molar-refractivity contribution in [1.82, 2.24) is 19.3 Å². The number of fused-ring (bicyclic) bond motifs is 2. The molecule has 1 aliphatic rings. The highest BCUT2D eigenvalue weighted by Crippen LogP contribution is 2.31. The summed E-state index contributed by atoms with van der Waals surface area (Å²) in [6.07, 6.45) is 5.35. The predicted octanol–water partition coefficient (Wildman–Crippen LogP) is 3.74. The van der Waals surface area contributed by atoms with Gasteiger partial charge in [-0.05, 0) is 43.2 Å². The van der Waals surface area contributed by atoms with Gasteiger partial charge in [-0.3, -0.25) is 4.98 Å². The van der Waals surface area contributed by atoms with E-state index in [2.05, 4.69) is 21.0 Å². The van der Waals surface area contributed by atoms with Crippen LogP contribution >= 0.6 is 11.3 Å². The van der Waals surface area contributed by atoms with Crippen molar-refractivity contribution >= 4 is 42.5 Å². The Kier molecular flexibility index (Phi) is 3.99. The van der Waals surface area contributed by atoms with Gasteiger partial charge in [-0.1, -0.05) is 0 Å². The third-order valence-electron chi connectivity index (χ3n) is 5.27. The molecule has 27 heavy (non-hydrogen) atoms. The van der Waals surface area contributed by atoms with Crippen LogP contribution in [0.5, 0.6) is 0 Å². The predicted molar refractivity (Wildman–Crippen MR) is 106 cm³/mol. The van der Waals surface area contributed by atoms with Gasteiger partial charge in [-0.2, -0.15) is 4.31 Å². The number of aromatic nitrogens is 3. The van der Waals surface area contributed by atoms with E-state index in [1.165, 1.54) is 11.3 Å². The van der Waals surface area contributed by atoms with E-state index in [4.69, 9.17) is 0 Å². The zero-order valence-electron chi connectivity index (χ0n) is 14.5. The lowest BCUT2D eigenvalue weighted by Gasteiger charge is -2.31. The van der Waals surface area contributed by atoms with Crippen molar-refractivity contribution < 1.29 is 8.42 Å². The molecule has 1 fully saturated rings. The average molecular weight is 399 g/mol. The number of nitrogens with zero attached hydrogens (tertiary/aromatic N) is 3. The van der Waals surface area contributed by atoms with Gasteiger partial charge in [0.15, 0.2) is 0 Å². The molecule has 0 saturated carbocycles. The first-order chi connectivity index (χ1) is 13.1. The molecule has 4 heterocycles. The number of benzene rings is 1. The number of piperidine rings is 1. The summed E-state index contributed by atoms with van der Waals surface area (Å²) in [5, 5.41) is 1.09. The second-order valence-corrected chi connectivity index (χ2v) is 9.66. The number of sulfonamides is 1. The van der Waals surface area contributed by atoms with Crippen LogP contribution in [0.4, 0.5) is 0 Å². The van der Waals surface area contributed by atoms with Crippen molar-refractivity contribution in [3.05, 3.63) is 53.9 Å². The van der Waals surface area contributed by atoms with Gasteiger partial charge >= 0.3 is 0 Å². The molecule has 5 rings (SSSR count). The summed E-state index contributed by atoms with van der Waals surface area (Å²) in [5.41, 5.74) is 4.69. The Morgan fingerprint density at radius 1 is 1.11 bits per heavy atom. The summed E-state index contributed by atoms with van der Waals surface area (Å²) in [7, 11) is -3.48. The fraction of sp³-hybridized carbons (Fsp3) is 0.263. The Hall–Kier alpha value is -2.29. The molecular weight excluding hydrogens is 380 g/mol. The molecule has 0 spiro atoms. The van der Waals surface area contributed by atoms with Crippen LogP contribution in [-0.2, 0) is 10.0 Å². The molecule has 6 nitrogen and oxygen atoms in total. The van der Waals surface area contributed by atoms with E-state index in [-0.39, 0.29) is 5.92 Å². The van der Waals surface area contributed by atoms with Crippen molar-refractivity contribution in [3.63, 3.8) is 0 Å². The lowest BCUT2D eigenvalue weighted by atomic mass is 9.94. The van der Waals surface area contributed by atoms with Gasteiger partial charge in [0.1, 0.15) is 0 Å². The first kappa shape index (κ1) is 16.9. The lowest BCUT2D eigenvalue weighted by Crippen LogP contribution is -2.38. The maximum absolute atomic E-state index is 13.0. The zero-order valence-corrected chi connectivity index (χ0v) is 16.1. The molecule has 1 saturated heterocycles. The van der Waals surface area contributed by atoms with Crippen molar-refractivity contribution in [2.75, 3.05) is 13.1 Å². The van der Waals surface area contributed by atoms with Crippen LogP contribution in [0.25, 0.3) is 21.1 Å². The van der Waals surface area contributed by atoms with Gasteiger partial charge in [0.2, 0.25) is 10.0 Å². The fourth-order valence-corrected chi connectivity index (χ4v) is 6.01. The van der Waals surface area contributed by atoms with Crippen molar-refractivity contribution in [2.24, 2.45) is 0 Å². The fourth-order valence-electron chi connectivity index (χ4n) is 3.72. The standard InChI is InChI=1S/C19H18N4O2S2/c24-27(25,15-1-2-16-19(9-15)26-12-22-16)23-7-4-13(5-8-23)17-10-18-14(11-21-17)3-6-20-18/h1-3,6,9-13,20H,4-5,7-8H2. The van der Waals surface area contributed by atoms with Gasteiger partial charge in [0.25, 0.3) is 0 Å². The van der Waals surface area contributed by atoms with Crippen LogP contribution in [0.15, 0.2) is 53.1 Å². The highest BCUT2D eigenvalue weighted by Gasteiger charge is 2.30. The number of hydrogen-bond acceptors (Lipinski definition) is 5. The molecule has 138 valence electrons. The summed E-state index contributed by atoms with van der Waals surface area (Å²) in [4.78, 5) is 12.4. The smallest absolute Gasteiger partial charge is 0.243 e. The van der Waals surface area contributed by atoms with Gasteiger partial charge in [-0.15, -0.1) is 11.3 Å². The number of aromatic amines is 1. The van der Waals surface area contributed by atoms with E-state index in [0.717, 1.165) is 39.7 Å². The second-order valence-electron chi connectivity index (χ2n) is 6.83. The van der Waals surface area contributed by atoms with E-state index >= 15 is 0 Å². The molecule has 0 unspecified atom stereocenters. The largest absolute Gasteiger partial charge is 0.361 e. The first-order valence-electron chi connectivity index (χ1n) is 8.88. The summed E-state index contributed by atoms with van der Waals surface area (Å²) in [5.74, 6) is 0.285. The van der Waals surface area contributed by atoms with Crippen molar-refractivity contribution in [3.8, 4) is 0 Å². The number of H-pyrrole nitrogens is 1. The first-order valence-corrected chi connectivity index (χ1v) is 11.2. The van der Waals surface area contributed by atoms with Gasteiger partial charge < -0.3 is 4.98 Å². The van der Waals surface area contributed by atoms with Crippen LogP contribution in [0.2, 0.25) is 0 Å². The number of rotatable bonds is 3. The second kappa shape index (κ2) is 6.40. The zero-order chi connectivity index (χ0) is 18.4. The Bertz CT molecular complexity index is 1220. The molecule has 0 aliphatic carbocycles. The molecule has 0 bridgehead atoms. The molecule has 0 atom stereocenters. The minimum absolute atomic E-state index is 0.285. The van der Waals surface area contributed by atoms with Crippen LogP contribution in [0.1, 0.15) is 24.5 Å². The van der Waals surface area contributed by atoms with Crippen LogP contribution in [-0.4, -0.2) is 40.8 Å². The Balaban J connectivity index is 1.35. The van der Waals surface area contributed by atoms with Crippen LogP contribution in [0, 0.1) is 0 Å². The number of pyridine rings is 1. The molecule has 4 aromatic rings. The highest BCUT2D eigenvalue weighted by atomic mass is 32.2. The van der Waals surface area contributed by atoms with Gasteiger partial charge in [0, 0.05) is 48.0 Å². The molecule has 3 aromatic heterocycles. The molecule has 1 N–H and O–H groups in total. The highest BCUT2D eigenvalue weighted by molar-refractivity contribution is 7.89. The monoisotopic (exact) mass is 398 g/mol. The van der Waals surface area contributed by atoms with E-state index in [9.17, 15) is 8.42 Å². The lowest BCUT2D eigenvalue weighted by molar-refractivity contribution is 0.317. The summed E-state index contributed by atoms with van der Waals surface area (Å²) in [6, 6.07) is 9.25. The van der Waals surface area contributed by atoms with E-state index in [0.29, 0.717) is 18.0 Å². The van der Waals surface area contributed by atoms with E-state index < -0.39 is 10.0 Å². The minimum atomic E-state index is -3.48. The maximum Gasteiger partial charge on any atom is 0.243 e. The molecule has 0 radical (unpaired) electrons. The Morgan fingerprint density at radius 2 is 1.96 bits per heavy atom. The molecule has 1 aromatic carbocycles. The maximum atomic E-state index is 13.0. The van der Waals surface area contributed by atoms with E-state index in [1.54, 1.807) is 28.0 Å². The number of thiazole rings is 1. The van der Waals surface area contributed by atoms with Crippen molar-refractivity contribution in [1.29, 1.82) is 0 Å². The average Bonchev–Trinajstić information content (AvgIpc) is 3.35. The van der Waals surface area contributed by atoms with Gasteiger partial charge in [-0.25, -0.2) is 13.4 Å². The number of hydrogen-bond donors (Lipinski definition) is 1. The third-order valence-corrected chi connectivity index (χ3v) is 7.96. The Labute approximate surface area is 160 Å². The topological polar surface area (TPSA) is 79.0 Å². The Morgan fingerprint density at radius 3 is 2.81 bits per heavy atom. The minimum Gasteiger partial charge on any atom is -0.361 e. The SMILES string of the molecule is O=S(=O)(c1ccc2ncsc2c1)N1CCC(c2cc3[nH]ccc3cn2)CC1. The normalized spacial score (nSPS) is 17.0. The number of nitrogens with one attached hydrogen (secondary N) is 1. The van der Waals surface area contributed by atoms with Crippen LogP contribution < -0.4 is 0 Å². The molecule has 1 aliphatic heterocycles. The van der Waals surface area contributed by atoms with Crippen LogP contribution in [0.3, 0.4) is 0 Å². The molecular formula is C19H18N4O2S2. The van der Waals surface area contributed by atoms with Crippen molar-refractivity contribution in [2.45, 2.75) is 23.7 Å². The molecule has 8 heteroatoms. The van der Waals surface area contributed by atoms with Gasteiger partial charge in [0.05, 0.1) is 20.6 Å². The summed E-state index contributed by atoms with van der Waals surface area (Å²) < 4.78 is 28.5. The summed E-state index contributed by atoms with van der Waals surface area (Å²) >= 11 is 1.46. The quantitative estimate of drug-likeness (QED) is 0.570. The van der Waals surface area contributed by atoms with E-state index in [1.807, 2.05) is 18.5 Å². The molecule has 0 amide bonds.